The van der Waals surface area contributed by atoms with Gasteiger partial charge in [0, 0.05) is 24.4 Å². The average molecular weight is 411 g/mol. The Morgan fingerprint density at radius 3 is 2.47 bits per heavy atom. The van der Waals surface area contributed by atoms with Crippen LogP contribution in [0.2, 0.25) is 0 Å². The highest BCUT2D eigenvalue weighted by atomic mass is 16.5. The second-order valence-corrected chi connectivity index (χ2v) is 7.66. The van der Waals surface area contributed by atoms with Crippen molar-refractivity contribution in [1.29, 1.82) is 0 Å². The number of aliphatic hydroxyl groups is 1. The lowest BCUT2D eigenvalue weighted by atomic mass is 10.1. The van der Waals surface area contributed by atoms with Crippen molar-refractivity contribution in [3.05, 3.63) is 54.1 Å². The zero-order chi connectivity index (χ0) is 21.5. The molecule has 0 bridgehead atoms. The lowest BCUT2D eigenvalue weighted by Gasteiger charge is -2.14. The third kappa shape index (κ3) is 5.58. The highest BCUT2D eigenvalue weighted by molar-refractivity contribution is 5.63. The van der Waals surface area contributed by atoms with Crippen LogP contribution in [0, 0.1) is 12.8 Å². The van der Waals surface area contributed by atoms with E-state index in [9.17, 15) is 5.11 Å². The van der Waals surface area contributed by atoms with Crippen molar-refractivity contribution in [3.63, 3.8) is 0 Å². The molecule has 0 aliphatic rings. The second kappa shape index (κ2) is 10.2. The fraction of sp³-hybridized carbons (Fsp3) is 0.391. The molecule has 3 aromatic rings. The molecule has 0 aliphatic carbocycles. The Bertz CT molecular complexity index is 938. The molecular formula is C23H30N4O3. The Balaban J connectivity index is 1.71. The number of aromatic nitrogens is 3. The van der Waals surface area contributed by atoms with Crippen LogP contribution in [0.4, 0.5) is 5.69 Å². The summed E-state index contributed by atoms with van der Waals surface area (Å²) in [5.74, 6) is 1.18. The third-order valence-corrected chi connectivity index (χ3v) is 4.57. The molecule has 1 atom stereocenters. The zero-order valence-corrected chi connectivity index (χ0v) is 18.0. The summed E-state index contributed by atoms with van der Waals surface area (Å²) < 4.78 is 12.5. The van der Waals surface area contributed by atoms with Gasteiger partial charge < -0.3 is 19.9 Å². The molecular weight excluding hydrogens is 380 g/mol. The molecule has 160 valence electrons. The number of hydrogen-bond donors (Lipinski definition) is 2. The predicted molar refractivity (Wildman–Crippen MR) is 118 cm³/mol. The normalized spacial score (nSPS) is 12.2. The van der Waals surface area contributed by atoms with Crippen LogP contribution in [0.1, 0.15) is 19.4 Å². The summed E-state index contributed by atoms with van der Waals surface area (Å²) in [6, 6.07) is 16.2. The molecule has 0 fully saturated rings. The highest BCUT2D eigenvalue weighted by Crippen LogP contribution is 2.26. The van der Waals surface area contributed by atoms with Crippen molar-refractivity contribution < 1.29 is 14.6 Å². The van der Waals surface area contributed by atoms with Gasteiger partial charge in [-0.1, -0.05) is 38.1 Å². The summed E-state index contributed by atoms with van der Waals surface area (Å²) in [4.78, 5) is 4.53. The Kier molecular flexibility index (Phi) is 7.43. The molecule has 0 amide bonds. The number of hydrogen-bond acceptors (Lipinski definition) is 6. The maximum Gasteiger partial charge on any atom is 0.336 e. The Hall–Kier alpha value is -2.90. The Labute approximate surface area is 177 Å². The van der Waals surface area contributed by atoms with Crippen LogP contribution in [0.15, 0.2) is 48.5 Å². The Morgan fingerprint density at radius 1 is 1.07 bits per heavy atom. The van der Waals surface area contributed by atoms with Gasteiger partial charge in [-0.2, -0.15) is 4.98 Å². The fourth-order valence-corrected chi connectivity index (χ4v) is 3.01. The largest absolute Gasteiger partial charge is 0.466 e. The number of anilines is 1. The van der Waals surface area contributed by atoms with E-state index < -0.39 is 6.10 Å². The topological polar surface area (TPSA) is 81.4 Å². The first kappa shape index (κ1) is 21.8. The molecule has 0 aliphatic heterocycles. The molecule has 0 radical (unpaired) electrons. The predicted octanol–water partition coefficient (Wildman–Crippen LogP) is 3.70. The lowest BCUT2D eigenvalue weighted by Crippen LogP contribution is -2.25. The standard InChI is InChI=1S/C23H30N4O3/c1-16(2)14-30-15-20(28)13-24-18-9-11-19(12-10-18)27-22(25-23(26-27)29-4)21-8-6-5-7-17(21)3/h5-12,16,20,24,28H,13-15H2,1-4H3. The molecule has 3 rings (SSSR count). The van der Waals surface area contributed by atoms with Gasteiger partial charge in [0.2, 0.25) is 0 Å². The number of nitrogens with zero attached hydrogens (tertiary/aromatic N) is 3. The monoisotopic (exact) mass is 410 g/mol. The first-order chi connectivity index (χ1) is 14.5. The first-order valence-corrected chi connectivity index (χ1v) is 10.1. The van der Waals surface area contributed by atoms with Gasteiger partial charge in [0.15, 0.2) is 5.82 Å². The molecule has 1 unspecified atom stereocenters. The zero-order valence-electron chi connectivity index (χ0n) is 18.0. The van der Waals surface area contributed by atoms with E-state index in [0.717, 1.165) is 28.3 Å². The molecule has 2 N–H and O–H groups in total. The summed E-state index contributed by atoms with van der Waals surface area (Å²) in [7, 11) is 1.56. The summed E-state index contributed by atoms with van der Waals surface area (Å²) in [6.45, 7) is 7.61. The summed E-state index contributed by atoms with van der Waals surface area (Å²) in [5.41, 5.74) is 3.89. The molecule has 7 heteroatoms. The van der Waals surface area contributed by atoms with E-state index in [0.29, 0.717) is 31.7 Å². The number of aryl methyl sites for hydroxylation is 1. The number of nitrogens with one attached hydrogen (secondary N) is 1. The average Bonchev–Trinajstić information content (AvgIpc) is 3.17. The maximum atomic E-state index is 10.1. The molecule has 1 heterocycles. The SMILES string of the molecule is COc1nc(-c2ccccc2C)n(-c2ccc(NCC(O)COCC(C)C)cc2)n1. The number of benzene rings is 2. The Morgan fingerprint density at radius 2 is 1.80 bits per heavy atom. The third-order valence-electron chi connectivity index (χ3n) is 4.57. The summed E-state index contributed by atoms with van der Waals surface area (Å²) >= 11 is 0. The van der Waals surface area contributed by atoms with Crippen molar-refractivity contribution in [3.8, 4) is 23.1 Å². The number of rotatable bonds is 10. The highest BCUT2D eigenvalue weighted by Gasteiger charge is 2.15. The summed E-state index contributed by atoms with van der Waals surface area (Å²) in [5, 5.41) is 17.8. The van der Waals surface area contributed by atoms with Crippen LogP contribution in [-0.2, 0) is 4.74 Å². The molecule has 7 nitrogen and oxygen atoms in total. The first-order valence-electron chi connectivity index (χ1n) is 10.1. The van der Waals surface area contributed by atoms with Crippen molar-refractivity contribution in [2.45, 2.75) is 26.9 Å². The van der Waals surface area contributed by atoms with Crippen molar-refractivity contribution >= 4 is 5.69 Å². The lowest BCUT2D eigenvalue weighted by molar-refractivity contribution is 0.0318. The smallest absolute Gasteiger partial charge is 0.336 e. The van der Waals surface area contributed by atoms with Gasteiger partial charge in [-0.05, 0) is 42.7 Å². The quantitative estimate of drug-likeness (QED) is 0.530. The van der Waals surface area contributed by atoms with Gasteiger partial charge >= 0.3 is 6.01 Å². The van der Waals surface area contributed by atoms with E-state index in [1.165, 1.54) is 0 Å². The molecule has 0 saturated carbocycles. The minimum Gasteiger partial charge on any atom is -0.466 e. The van der Waals surface area contributed by atoms with Gasteiger partial charge in [0.05, 0.1) is 25.5 Å². The van der Waals surface area contributed by atoms with Crippen molar-refractivity contribution in [1.82, 2.24) is 14.8 Å². The minimum absolute atomic E-state index is 0.319. The molecule has 1 aromatic heterocycles. The fourth-order valence-electron chi connectivity index (χ4n) is 3.01. The molecule has 0 spiro atoms. The van der Waals surface area contributed by atoms with Gasteiger partial charge in [0.25, 0.3) is 0 Å². The van der Waals surface area contributed by atoms with Crippen LogP contribution in [0.5, 0.6) is 6.01 Å². The van der Waals surface area contributed by atoms with E-state index >= 15 is 0 Å². The van der Waals surface area contributed by atoms with Crippen LogP contribution < -0.4 is 10.1 Å². The second-order valence-electron chi connectivity index (χ2n) is 7.66. The minimum atomic E-state index is -0.560. The van der Waals surface area contributed by atoms with E-state index in [2.05, 4.69) is 29.2 Å². The van der Waals surface area contributed by atoms with Gasteiger partial charge in [-0.15, -0.1) is 5.10 Å². The van der Waals surface area contributed by atoms with Gasteiger partial charge in [0.1, 0.15) is 0 Å². The van der Waals surface area contributed by atoms with Crippen molar-refractivity contribution in [2.75, 3.05) is 32.2 Å². The van der Waals surface area contributed by atoms with E-state index in [1.807, 2.05) is 55.5 Å². The summed E-state index contributed by atoms with van der Waals surface area (Å²) in [6.07, 6.45) is -0.560. The number of ether oxygens (including phenoxy) is 2. The van der Waals surface area contributed by atoms with Crippen molar-refractivity contribution in [2.24, 2.45) is 5.92 Å². The number of methoxy groups -OCH3 is 1. The van der Waals surface area contributed by atoms with Gasteiger partial charge in [-0.3, -0.25) is 0 Å². The molecule has 0 saturated heterocycles. The molecule has 2 aromatic carbocycles. The van der Waals surface area contributed by atoms with E-state index in [1.54, 1.807) is 11.8 Å². The van der Waals surface area contributed by atoms with Crippen LogP contribution in [0.3, 0.4) is 0 Å². The van der Waals surface area contributed by atoms with E-state index in [-0.39, 0.29) is 0 Å². The number of aliphatic hydroxyl groups excluding tert-OH is 1. The van der Waals surface area contributed by atoms with Crippen LogP contribution in [0.25, 0.3) is 17.1 Å². The van der Waals surface area contributed by atoms with Crippen LogP contribution in [-0.4, -0.2) is 52.8 Å². The van der Waals surface area contributed by atoms with E-state index in [4.69, 9.17) is 9.47 Å². The molecule has 30 heavy (non-hydrogen) atoms. The maximum absolute atomic E-state index is 10.1. The van der Waals surface area contributed by atoms with Crippen LogP contribution >= 0.6 is 0 Å². The van der Waals surface area contributed by atoms with Gasteiger partial charge in [-0.25, -0.2) is 4.68 Å².